The van der Waals surface area contributed by atoms with Gasteiger partial charge in [-0.15, -0.1) is 0 Å². The Hall–Kier alpha value is -1.35. The summed E-state index contributed by atoms with van der Waals surface area (Å²) >= 11 is 0. The molecule has 0 radical (unpaired) electrons. The first-order valence-electron chi connectivity index (χ1n) is 6.67. The van der Waals surface area contributed by atoms with Gasteiger partial charge in [0.2, 0.25) is 5.79 Å². The van der Waals surface area contributed by atoms with Gasteiger partial charge in [-0.1, -0.05) is 43.7 Å². The van der Waals surface area contributed by atoms with Crippen LogP contribution in [0, 0.1) is 5.92 Å². The predicted octanol–water partition coefficient (Wildman–Crippen LogP) is 3.21. The fraction of sp³-hybridized carbons (Fsp3) is 0.533. The zero-order valence-corrected chi connectivity index (χ0v) is 10.6. The Labute approximate surface area is 107 Å². The number of rotatable bonds is 1. The minimum Gasteiger partial charge on any atom is -0.431 e. The monoisotopic (exact) mass is 246 g/mol. The van der Waals surface area contributed by atoms with E-state index in [4.69, 9.17) is 9.47 Å². The second-order valence-corrected chi connectivity index (χ2v) is 5.29. The number of carbonyl (C=O) groups is 1. The van der Waals surface area contributed by atoms with Crippen LogP contribution in [0.2, 0.25) is 0 Å². The molecule has 1 aliphatic carbocycles. The van der Waals surface area contributed by atoms with Crippen LogP contribution in [-0.2, 0) is 14.3 Å². The molecule has 3 heteroatoms. The van der Waals surface area contributed by atoms with Gasteiger partial charge < -0.3 is 9.47 Å². The lowest BCUT2D eigenvalue weighted by molar-refractivity contribution is -0.217. The van der Waals surface area contributed by atoms with Gasteiger partial charge in [0.05, 0.1) is 0 Å². The lowest BCUT2D eigenvalue weighted by Crippen LogP contribution is -2.40. The molecule has 2 fully saturated rings. The van der Waals surface area contributed by atoms with Gasteiger partial charge in [-0.3, -0.25) is 0 Å². The maximum Gasteiger partial charge on any atom is 0.342 e. The first-order chi connectivity index (χ1) is 8.71. The molecule has 1 aromatic rings. The van der Waals surface area contributed by atoms with Gasteiger partial charge in [0, 0.05) is 12.3 Å². The van der Waals surface area contributed by atoms with E-state index in [9.17, 15) is 4.79 Å². The third kappa shape index (κ3) is 1.83. The average molecular weight is 246 g/mol. The fourth-order valence-corrected chi connectivity index (χ4v) is 2.94. The van der Waals surface area contributed by atoms with Crippen LogP contribution in [0.1, 0.15) is 44.3 Å². The number of ether oxygens (including phenoxy) is 2. The van der Waals surface area contributed by atoms with Gasteiger partial charge in [0.25, 0.3) is 0 Å². The Morgan fingerprint density at radius 2 is 2.00 bits per heavy atom. The molecule has 1 heterocycles. The fourth-order valence-electron chi connectivity index (χ4n) is 2.94. The molecule has 0 aromatic heterocycles. The Balaban J connectivity index is 1.86. The van der Waals surface area contributed by atoms with Crippen molar-refractivity contribution in [2.75, 3.05) is 0 Å². The SMILES string of the molecule is C[C@H]1CCCCC12OC(=O)[C@@H](c1ccccc1)O2. The second-order valence-electron chi connectivity index (χ2n) is 5.29. The summed E-state index contributed by atoms with van der Waals surface area (Å²) in [7, 11) is 0. The summed E-state index contributed by atoms with van der Waals surface area (Å²) in [6.07, 6.45) is 3.60. The summed E-state index contributed by atoms with van der Waals surface area (Å²) in [6.45, 7) is 2.11. The Morgan fingerprint density at radius 1 is 1.22 bits per heavy atom. The summed E-state index contributed by atoms with van der Waals surface area (Å²) in [5, 5.41) is 0. The molecule has 1 aliphatic heterocycles. The van der Waals surface area contributed by atoms with E-state index in [2.05, 4.69) is 6.92 Å². The molecular formula is C15H18O3. The molecule has 3 atom stereocenters. The Morgan fingerprint density at radius 3 is 2.72 bits per heavy atom. The number of hydrogen-bond acceptors (Lipinski definition) is 3. The van der Waals surface area contributed by atoms with Gasteiger partial charge in [-0.2, -0.15) is 0 Å². The van der Waals surface area contributed by atoms with E-state index in [1.165, 1.54) is 6.42 Å². The van der Waals surface area contributed by atoms with Gasteiger partial charge in [-0.05, 0) is 18.4 Å². The standard InChI is InChI=1S/C15H18O3/c1-11-7-5-6-10-15(11)17-13(14(16)18-15)12-8-3-2-4-9-12/h2-4,8-9,11,13H,5-7,10H2,1H3/t11-,13+,15?/m0/s1. The third-order valence-corrected chi connectivity index (χ3v) is 4.07. The van der Waals surface area contributed by atoms with Crippen LogP contribution in [0.4, 0.5) is 0 Å². The summed E-state index contributed by atoms with van der Waals surface area (Å²) in [6, 6.07) is 9.60. The first-order valence-corrected chi connectivity index (χ1v) is 6.67. The highest BCUT2D eigenvalue weighted by molar-refractivity contribution is 5.78. The van der Waals surface area contributed by atoms with E-state index in [1.54, 1.807) is 0 Å². The van der Waals surface area contributed by atoms with Gasteiger partial charge in [0.15, 0.2) is 6.10 Å². The molecule has 18 heavy (non-hydrogen) atoms. The third-order valence-electron chi connectivity index (χ3n) is 4.07. The largest absolute Gasteiger partial charge is 0.431 e. The van der Waals surface area contributed by atoms with Crippen molar-refractivity contribution in [2.24, 2.45) is 5.92 Å². The van der Waals surface area contributed by atoms with Crippen molar-refractivity contribution >= 4 is 5.97 Å². The summed E-state index contributed by atoms with van der Waals surface area (Å²) in [4.78, 5) is 12.0. The maximum absolute atomic E-state index is 12.0. The van der Waals surface area contributed by atoms with E-state index in [0.29, 0.717) is 0 Å². The van der Waals surface area contributed by atoms with Crippen LogP contribution < -0.4 is 0 Å². The summed E-state index contributed by atoms with van der Waals surface area (Å²) in [5.41, 5.74) is 0.886. The highest BCUT2D eigenvalue weighted by Gasteiger charge is 2.52. The van der Waals surface area contributed by atoms with E-state index < -0.39 is 11.9 Å². The Kier molecular flexibility index (Phi) is 2.86. The summed E-state index contributed by atoms with van der Waals surface area (Å²) < 4.78 is 11.6. The van der Waals surface area contributed by atoms with Crippen LogP contribution in [0.3, 0.4) is 0 Å². The van der Waals surface area contributed by atoms with Gasteiger partial charge in [-0.25, -0.2) is 4.79 Å². The van der Waals surface area contributed by atoms with E-state index in [1.807, 2.05) is 30.3 Å². The predicted molar refractivity (Wildman–Crippen MR) is 66.7 cm³/mol. The topological polar surface area (TPSA) is 35.5 Å². The van der Waals surface area contributed by atoms with Crippen LogP contribution in [-0.4, -0.2) is 11.8 Å². The highest BCUT2D eigenvalue weighted by atomic mass is 16.8. The zero-order chi connectivity index (χ0) is 12.6. The van der Waals surface area contributed by atoms with Crippen LogP contribution in [0.25, 0.3) is 0 Å². The minimum absolute atomic E-state index is 0.241. The zero-order valence-electron chi connectivity index (χ0n) is 10.6. The van der Waals surface area contributed by atoms with E-state index in [0.717, 1.165) is 24.8 Å². The smallest absolute Gasteiger partial charge is 0.342 e. The molecule has 0 amide bonds. The van der Waals surface area contributed by atoms with Gasteiger partial charge >= 0.3 is 5.97 Å². The molecule has 3 rings (SSSR count). The minimum atomic E-state index is -0.671. The molecule has 2 aliphatic rings. The first kappa shape index (κ1) is 11.7. The van der Waals surface area contributed by atoms with Crippen molar-refractivity contribution in [3.05, 3.63) is 35.9 Å². The highest BCUT2D eigenvalue weighted by Crippen LogP contribution is 2.46. The molecule has 3 nitrogen and oxygen atoms in total. The average Bonchev–Trinajstić information content (AvgIpc) is 2.73. The molecule has 1 saturated heterocycles. The molecule has 0 bridgehead atoms. The lowest BCUT2D eigenvalue weighted by Gasteiger charge is -2.36. The van der Waals surface area contributed by atoms with E-state index in [-0.39, 0.29) is 11.9 Å². The number of hydrogen-bond donors (Lipinski definition) is 0. The normalized spacial score (nSPS) is 35.7. The molecule has 1 spiro atoms. The number of esters is 1. The van der Waals surface area contributed by atoms with Crippen molar-refractivity contribution in [3.8, 4) is 0 Å². The van der Waals surface area contributed by atoms with Crippen molar-refractivity contribution in [1.82, 2.24) is 0 Å². The van der Waals surface area contributed by atoms with Crippen LogP contribution in [0.5, 0.6) is 0 Å². The molecule has 1 saturated carbocycles. The number of carbonyl (C=O) groups excluding carboxylic acids is 1. The van der Waals surface area contributed by atoms with Crippen LogP contribution >= 0.6 is 0 Å². The van der Waals surface area contributed by atoms with E-state index >= 15 is 0 Å². The van der Waals surface area contributed by atoms with Crippen LogP contribution in [0.15, 0.2) is 30.3 Å². The maximum atomic E-state index is 12.0. The van der Waals surface area contributed by atoms with Crippen molar-refractivity contribution in [3.63, 3.8) is 0 Å². The van der Waals surface area contributed by atoms with Crippen molar-refractivity contribution < 1.29 is 14.3 Å². The Bertz CT molecular complexity index is 442. The van der Waals surface area contributed by atoms with Crippen molar-refractivity contribution in [2.45, 2.75) is 44.5 Å². The molecule has 1 aromatic carbocycles. The molecule has 96 valence electrons. The van der Waals surface area contributed by atoms with Gasteiger partial charge in [0.1, 0.15) is 0 Å². The number of benzene rings is 1. The van der Waals surface area contributed by atoms with Crippen molar-refractivity contribution in [1.29, 1.82) is 0 Å². The lowest BCUT2D eigenvalue weighted by atomic mass is 9.84. The second kappa shape index (κ2) is 4.39. The molecule has 0 N–H and O–H groups in total. The molecular weight excluding hydrogens is 228 g/mol. The quantitative estimate of drug-likeness (QED) is 0.714. The molecule has 1 unspecified atom stereocenters. The summed E-state index contributed by atoms with van der Waals surface area (Å²) in [5.74, 6) is -0.630.